The minimum absolute atomic E-state index is 0.0847. The Labute approximate surface area is 179 Å². The minimum Gasteiger partial charge on any atom is -0.353 e. The topological polar surface area (TPSA) is 68.7 Å². The average Bonchev–Trinajstić information content (AvgIpc) is 3.27. The van der Waals surface area contributed by atoms with E-state index < -0.39 is 0 Å². The van der Waals surface area contributed by atoms with Gasteiger partial charge in [0.15, 0.2) is 11.6 Å². The Hall–Kier alpha value is -2.78. The molecule has 0 atom stereocenters. The number of carbonyl (C=O) groups excluding carboxylic acids is 1. The third-order valence-corrected chi connectivity index (χ3v) is 6.72. The van der Waals surface area contributed by atoms with E-state index in [0.717, 1.165) is 66.7 Å². The lowest BCUT2D eigenvalue weighted by molar-refractivity contribution is 0.0746. The molecule has 0 radical (unpaired) electrons. The summed E-state index contributed by atoms with van der Waals surface area (Å²) in [7, 11) is 2.15. The smallest absolute Gasteiger partial charge is 0.254 e. The fraction of sp³-hybridized carbons (Fsp3) is 0.429. The Morgan fingerprint density at radius 3 is 2.13 bits per heavy atom. The zero-order chi connectivity index (χ0) is 20.5. The van der Waals surface area contributed by atoms with Crippen LogP contribution in [0.15, 0.2) is 35.8 Å². The van der Waals surface area contributed by atoms with Gasteiger partial charge in [-0.15, -0.1) is 21.5 Å². The van der Waals surface area contributed by atoms with Gasteiger partial charge in [0.05, 0.1) is 15.7 Å². The molecule has 8 nitrogen and oxygen atoms in total. The third kappa shape index (κ3) is 3.82. The zero-order valence-corrected chi connectivity index (χ0v) is 17.9. The van der Waals surface area contributed by atoms with Crippen LogP contribution in [0.3, 0.4) is 0 Å². The summed E-state index contributed by atoms with van der Waals surface area (Å²) < 4.78 is 1.05. The summed E-state index contributed by atoms with van der Waals surface area (Å²) in [6.07, 6.45) is 0. The maximum absolute atomic E-state index is 12.9. The highest BCUT2D eigenvalue weighted by Crippen LogP contribution is 2.22. The second kappa shape index (κ2) is 8.16. The molecule has 2 saturated heterocycles. The molecule has 3 aromatic rings. The summed E-state index contributed by atoms with van der Waals surface area (Å²) in [4.78, 5) is 25.9. The molecule has 0 N–H and O–H groups in total. The Kier molecular flexibility index (Phi) is 5.22. The summed E-state index contributed by atoms with van der Waals surface area (Å²) in [6, 6.07) is 9.86. The van der Waals surface area contributed by atoms with Gasteiger partial charge in [0, 0.05) is 57.9 Å². The Morgan fingerprint density at radius 1 is 0.867 bits per heavy atom. The predicted molar refractivity (Wildman–Crippen MR) is 119 cm³/mol. The van der Waals surface area contributed by atoms with Crippen LogP contribution < -0.4 is 9.80 Å². The molecule has 0 unspecified atom stereocenters. The first-order valence-corrected chi connectivity index (χ1v) is 11.2. The fourth-order valence-corrected chi connectivity index (χ4v) is 4.72. The lowest BCUT2D eigenvalue weighted by atomic mass is 10.1. The maximum Gasteiger partial charge on any atom is 0.254 e. The van der Waals surface area contributed by atoms with E-state index in [0.29, 0.717) is 13.1 Å². The first kappa shape index (κ1) is 19.2. The minimum atomic E-state index is 0.0847. The molecule has 1 aromatic carbocycles. The van der Waals surface area contributed by atoms with E-state index >= 15 is 0 Å². The van der Waals surface area contributed by atoms with E-state index in [9.17, 15) is 4.79 Å². The van der Waals surface area contributed by atoms with Crippen molar-refractivity contribution in [2.45, 2.75) is 0 Å². The lowest BCUT2D eigenvalue weighted by Gasteiger charge is -2.36. The summed E-state index contributed by atoms with van der Waals surface area (Å²) in [5, 5.41) is 8.92. The van der Waals surface area contributed by atoms with Crippen LogP contribution in [0.2, 0.25) is 0 Å². The summed E-state index contributed by atoms with van der Waals surface area (Å²) >= 11 is 1.56. The van der Waals surface area contributed by atoms with Gasteiger partial charge in [0.1, 0.15) is 0 Å². The van der Waals surface area contributed by atoms with Crippen molar-refractivity contribution in [3.8, 4) is 0 Å². The van der Waals surface area contributed by atoms with Crippen molar-refractivity contribution in [1.29, 1.82) is 0 Å². The van der Waals surface area contributed by atoms with Crippen molar-refractivity contribution in [3.05, 3.63) is 41.4 Å². The Balaban J connectivity index is 1.19. The van der Waals surface area contributed by atoms with Crippen LogP contribution in [0.25, 0.3) is 10.2 Å². The SMILES string of the molecule is CN1CCN(c2ccc(N3CCN(C(=O)c4ccc5ncsc5c4)CC3)nn2)CC1. The number of anilines is 2. The second-order valence-electron chi connectivity index (χ2n) is 7.85. The van der Waals surface area contributed by atoms with Crippen molar-refractivity contribution >= 4 is 39.1 Å². The van der Waals surface area contributed by atoms with Gasteiger partial charge in [-0.2, -0.15) is 0 Å². The quantitative estimate of drug-likeness (QED) is 0.636. The number of likely N-dealkylation sites (N-methyl/N-ethyl adjacent to an activating group) is 1. The monoisotopic (exact) mass is 423 g/mol. The molecule has 30 heavy (non-hydrogen) atoms. The molecule has 0 aliphatic carbocycles. The van der Waals surface area contributed by atoms with Crippen LogP contribution in [0, 0.1) is 0 Å². The van der Waals surface area contributed by atoms with E-state index in [1.54, 1.807) is 11.3 Å². The summed E-state index contributed by atoms with van der Waals surface area (Å²) in [6.45, 7) is 6.96. The molecule has 4 heterocycles. The molecule has 0 saturated carbocycles. The summed E-state index contributed by atoms with van der Waals surface area (Å²) in [5.41, 5.74) is 3.49. The van der Waals surface area contributed by atoms with Gasteiger partial charge >= 0.3 is 0 Å². The lowest BCUT2D eigenvalue weighted by Crippen LogP contribution is -2.49. The number of fused-ring (bicyclic) bond motifs is 1. The summed E-state index contributed by atoms with van der Waals surface area (Å²) in [5.74, 6) is 1.91. The number of piperazine rings is 2. The van der Waals surface area contributed by atoms with Gasteiger partial charge in [-0.25, -0.2) is 4.98 Å². The normalized spacial score (nSPS) is 18.2. The van der Waals surface area contributed by atoms with Crippen LogP contribution in [0.1, 0.15) is 10.4 Å². The van der Waals surface area contributed by atoms with Gasteiger partial charge in [0.2, 0.25) is 0 Å². The van der Waals surface area contributed by atoms with Gasteiger partial charge in [-0.1, -0.05) is 0 Å². The molecule has 1 amide bonds. The van der Waals surface area contributed by atoms with Gasteiger partial charge in [-0.05, 0) is 37.4 Å². The number of hydrogen-bond donors (Lipinski definition) is 0. The van der Waals surface area contributed by atoms with Crippen molar-refractivity contribution in [3.63, 3.8) is 0 Å². The number of hydrogen-bond acceptors (Lipinski definition) is 8. The number of nitrogens with zero attached hydrogens (tertiary/aromatic N) is 7. The molecule has 5 rings (SSSR count). The number of benzene rings is 1. The molecule has 2 aliphatic rings. The molecule has 2 aromatic heterocycles. The molecule has 0 spiro atoms. The van der Waals surface area contributed by atoms with Gasteiger partial charge in [-0.3, -0.25) is 4.79 Å². The highest BCUT2D eigenvalue weighted by atomic mass is 32.1. The van der Waals surface area contributed by atoms with E-state index in [-0.39, 0.29) is 5.91 Å². The van der Waals surface area contributed by atoms with Crippen molar-refractivity contribution in [2.24, 2.45) is 0 Å². The highest BCUT2D eigenvalue weighted by molar-refractivity contribution is 7.16. The molecule has 0 bridgehead atoms. The zero-order valence-electron chi connectivity index (χ0n) is 17.1. The molecule has 156 valence electrons. The van der Waals surface area contributed by atoms with Crippen LogP contribution in [0.5, 0.6) is 0 Å². The Bertz CT molecular complexity index is 1020. The first-order valence-electron chi connectivity index (χ1n) is 10.3. The van der Waals surface area contributed by atoms with E-state index in [1.165, 1.54) is 0 Å². The second-order valence-corrected chi connectivity index (χ2v) is 8.74. The molecular weight excluding hydrogens is 398 g/mol. The van der Waals surface area contributed by atoms with Crippen LogP contribution in [0.4, 0.5) is 11.6 Å². The number of aromatic nitrogens is 3. The first-order chi connectivity index (χ1) is 14.7. The van der Waals surface area contributed by atoms with Crippen LogP contribution >= 0.6 is 11.3 Å². The Morgan fingerprint density at radius 2 is 1.50 bits per heavy atom. The number of carbonyl (C=O) groups is 1. The van der Waals surface area contributed by atoms with Crippen molar-refractivity contribution in [2.75, 3.05) is 69.2 Å². The van der Waals surface area contributed by atoms with E-state index in [4.69, 9.17) is 0 Å². The van der Waals surface area contributed by atoms with E-state index in [1.807, 2.05) is 28.6 Å². The van der Waals surface area contributed by atoms with Crippen LogP contribution in [-0.4, -0.2) is 90.3 Å². The van der Waals surface area contributed by atoms with Crippen molar-refractivity contribution < 1.29 is 4.79 Å². The van der Waals surface area contributed by atoms with Crippen molar-refractivity contribution in [1.82, 2.24) is 25.0 Å². The predicted octanol–water partition coefficient (Wildman–Crippen LogP) is 1.80. The fourth-order valence-electron chi connectivity index (χ4n) is 4.00. The largest absolute Gasteiger partial charge is 0.353 e. The van der Waals surface area contributed by atoms with Crippen LogP contribution in [-0.2, 0) is 0 Å². The average molecular weight is 424 g/mol. The molecule has 9 heteroatoms. The van der Waals surface area contributed by atoms with Gasteiger partial charge in [0.25, 0.3) is 5.91 Å². The number of rotatable bonds is 3. The number of thiazole rings is 1. The highest BCUT2D eigenvalue weighted by Gasteiger charge is 2.24. The molecule has 2 fully saturated rings. The molecule has 2 aliphatic heterocycles. The molecular formula is C21H25N7OS. The van der Waals surface area contributed by atoms with E-state index in [2.05, 4.69) is 49.1 Å². The van der Waals surface area contributed by atoms with Gasteiger partial charge < -0.3 is 19.6 Å². The third-order valence-electron chi connectivity index (χ3n) is 5.93. The maximum atomic E-state index is 12.9. The number of amides is 1. The standard InChI is InChI=1S/C21H25N7OS/c1-25-6-8-26(9-7-25)19-4-5-20(24-23-19)27-10-12-28(13-11-27)21(29)16-2-3-17-18(14-16)30-15-22-17/h2-5,14-15H,6-13H2,1H3.